The summed E-state index contributed by atoms with van der Waals surface area (Å²) < 4.78 is 0. The molecule has 0 aromatic heterocycles. The lowest BCUT2D eigenvalue weighted by Crippen LogP contribution is -2.31. The molecule has 0 aromatic carbocycles. The zero-order valence-corrected chi connectivity index (χ0v) is 7.45. The zero-order valence-electron chi connectivity index (χ0n) is 7.45. The first-order chi connectivity index (χ1) is 5.70. The van der Waals surface area contributed by atoms with E-state index in [1.807, 2.05) is 13.0 Å². The highest BCUT2D eigenvalue weighted by Crippen LogP contribution is 1.90. The van der Waals surface area contributed by atoms with Gasteiger partial charge in [0.05, 0.1) is 0 Å². The van der Waals surface area contributed by atoms with Crippen LogP contribution in [-0.4, -0.2) is 23.6 Å². The third-order valence-electron chi connectivity index (χ3n) is 1.49. The van der Waals surface area contributed by atoms with Gasteiger partial charge in [-0.2, -0.15) is 0 Å². The van der Waals surface area contributed by atoms with Gasteiger partial charge in [0, 0.05) is 12.5 Å². The second-order valence-corrected chi connectivity index (χ2v) is 2.73. The highest BCUT2D eigenvalue weighted by atomic mass is 16.4. The van der Waals surface area contributed by atoms with Crippen LogP contribution in [0.3, 0.4) is 0 Å². The third-order valence-corrected chi connectivity index (χ3v) is 1.49. The van der Waals surface area contributed by atoms with Crippen molar-refractivity contribution in [2.75, 3.05) is 6.54 Å². The van der Waals surface area contributed by atoms with Crippen molar-refractivity contribution in [3.05, 3.63) is 12.7 Å². The summed E-state index contributed by atoms with van der Waals surface area (Å²) in [6.07, 6.45) is 3.34. The Labute approximate surface area is 73.1 Å². The lowest BCUT2D eigenvalue weighted by atomic mass is 10.2. The van der Waals surface area contributed by atoms with E-state index < -0.39 is 0 Å². The molecule has 0 bridgehead atoms. The molecule has 0 saturated heterocycles. The highest BCUT2D eigenvalue weighted by Gasteiger charge is 2.02. The minimum Gasteiger partial charge on any atom is -0.409 e. The van der Waals surface area contributed by atoms with E-state index >= 15 is 0 Å². The third kappa shape index (κ3) is 5.73. The van der Waals surface area contributed by atoms with Crippen LogP contribution in [0.25, 0.3) is 0 Å². The molecule has 0 radical (unpaired) electrons. The molecular weight excluding hydrogens is 154 g/mol. The summed E-state index contributed by atoms with van der Waals surface area (Å²) in [5.41, 5.74) is 5.32. The van der Waals surface area contributed by atoms with Crippen LogP contribution in [0.2, 0.25) is 0 Å². The summed E-state index contributed by atoms with van der Waals surface area (Å²) in [5, 5.41) is 14.4. The lowest BCUT2D eigenvalue weighted by molar-refractivity contribution is 0.316. The highest BCUT2D eigenvalue weighted by molar-refractivity contribution is 5.80. The van der Waals surface area contributed by atoms with Gasteiger partial charge in [-0.1, -0.05) is 11.2 Å². The number of oxime groups is 1. The van der Waals surface area contributed by atoms with Gasteiger partial charge in [0.15, 0.2) is 0 Å². The molecule has 0 spiro atoms. The van der Waals surface area contributed by atoms with Crippen LogP contribution in [0.15, 0.2) is 17.8 Å². The van der Waals surface area contributed by atoms with Crippen molar-refractivity contribution in [2.24, 2.45) is 10.9 Å². The average molecular weight is 171 g/mol. The van der Waals surface area contributed by atoms with Crippen molar-refractivity contribution in [1.29, 1.82) is 0 Å². The molecule has 4 heteroatoms. The van der Waals surface area contributed by atoms with Crippen LogP contribution in [0, 0.1) is 0 Å². The predicted molar refractivity (Wildman–Crippen MR) is 50.3 cm³/mol. The van der Waals surface area contributed by atoms with Crippen molar-refractivity contribution in [1.82, 2.24) is 5.32 Å². The van der Waals surface area contributed by atoms with Gasteiger partial charge in [-0.05, 0) is 19.9 Å². The summed E-state index contributed by atoms with van der Waals surface area (Å²) >= 11 is 0. The molecule has 0 heterocycles. The van der Waals surface area contributed by atoms with Gasteiger partial charge < -0.3 is 16.3 Å². The molecule has 4 nitrogen and oxygen atoms in total. The van der Waals surface area contributed by atoms with Gasteiger partial charge in [0.1, 0.15) is 5.84 Å². The molecule has 0 aliphatic carbocycles. The van der Waals surface area contributed by atoms with Crippen molar-refractivity contribution < 1.29 is 5.21 Å². The Balaban J connectivity index is 3.45. The molecule has 1 unspecified atom stereocenters. The molecule has 0 aromatic rings. The van der Waals surface area contributed by atoms with E-state index in [2.05, 4.69) is 17.1 Å². The van der Waals surface area contributed by atoms with Gasteiger partial charge in [-0.25, -0.2) is 0 Å². The quantitative estimate of drug-likeness (QED) is 0.137. The van der Waals surface area contributed by atoms with Gasteiger partial charge in [-0.3, -0.25) is 0 Å². The molecule has 0 fully saturated rings. The van der Waals surface area contributed by atoms with Gasteiger partial charge >= 0.3 is 0 Å². The van der Waals surface area contributed by atoms with Gasteiger partial charge in [0.2, 0.25) is 0 Å². The first-order valence-electron chi connectivity index (χ1n) is 4.01. The van der Waals surface area contributed by atoms with Crippen molar-refractivity contribution in [3.63, 3.8) is 0 Å². The van der Waals surface area contributed by atoms with E-state index in [0.29, 0.717) is 6.42 Å². The van der Waals surface area contributed by atoms with Crippen molar-refractivity contribution >= 4 is 5.84 Å². The molecular formula is C8H17N3O. The molecule has 0 saturated carbocycles. The van der Waals surface area contributed by atoms with E-state index in [4.69, 9.17) is 10.9 Å². The summed E-state index contributed by atoms with van der Waals surface area (Å²) in [6, 6.07) is 0.237. The van der Waals surface area contributed by atoms with Crippen molar-refractivity contribution in [2.45, 2.75) is 25.8 Å². The van der Waals surface area contributed by atoms with E-state index in [9.17, 15) is 0 Å². The Bertz CT molecular complexity index is 156. The Morgan fingerprint density at radius 3 is 3.00 bits per heavy atom. The Kier molecular flexibility index (Phi) is 6.09. The Morgan fingerprint density at radius 1 is 1.83 bits per heavy atom. The summed E-state index contributed by atoms with van der Waals surface area (Å²) in [7, 11) is 0. The van der Waals surface area contributed by atoms with Crippen LogP contribution in [0.5, 0.6) is 0 Å². The Hall–Kier alpha value is -1.03. The number of nitrogens with one attached hydrogen (secondary N) is 1. The summed E-state index contributed by atoms with van der Waals surface area (Å²) in [6.45, 7) is 6.47. The molecule has 0 aliphatic heterocycles. The fraction of sp³-hybridized carbons (Fsp3) is 0.625. The van der Waals surface area contributed by atoms with E-state index in [1.165, 1.54) is 0 Å². The van der Waals surface area contributed by atoms with Crippen LogP contribution in [-0.2, 0) is 0 Å². The molecule has 0 aliphatic rings. The predicted octanol–water partition coefficient (Wildman–Crippen LogP) is 0.677. The fourth-order valence-corrected chi connectivity index (χ4v) is 0.858. The first-order valence-corrected chi connectivity index (χ1v) is 4.01. The zero-order chi connectivity index (χ0) is 9.40. The maximum Gasteiger partial charge on any atom is 0.140 e. The number of hydrogen-bond donors (Lipinski definition) is 3. The van der Waals surface area contributed by atoms with Crippen LogP contribution in [0.1, 0.15) is 19.8 Å². The lowest BCUT2D eigenvalue weighted by Gasteiger charge is -2.11. The molecule has 1 atom stereocenters. The largest absolute Gasteiger partial charge is 0.409 e. The maximum atomic E-state index is 8.27. The maximum absolute atomic E-state index is 8.27. The normalized spacial score (nSPS) is 14.2. The second kappa shape index (κ2) is 6.67. The van der Waals surface area contributed by atoms with Gasteiger partial charge in [-0.15, -0.1) is 6.58 Å². The first kappa shape index (κ1) is 11.0. The van der Waals surface area contributed by atoms with Crippen LogP contribution < -0.4 is 11.1 Å². The second-order valence-electron chi connectivity index (χ2n) is 2.73. The minimum absolute atomic E-state index is 0.237. The molecule has 0 rings (SSSR count). The molecule has 4 N–H and O–H groups in total. The van der Waals surface area contributed by atoms with Gasteiger partial charge in [0.25, 0.3) is 0 Å². The molecule has 12 heavy (non-hydrogen) atoms. The van der Waals surface area contributed by atoms with Crippen LogP contribution >= 0.6 is 0 Å². The molecule has 70 valence electrons. The summed E-state index contributed by atoms with van der Waals surface area (Å²) in [4.78, 5) is 0. The molecule has 0 amide bonds. The van der Waals surface area contributed by atoms with Crippen molar-refractivity contribution in [3.8, 4) is 0 Å². The number of nitrogens with two attached hydrogens (primary N) is 1. The topological polar surface area (TPSA) is 70.6 Å². The monoisotopic (exact) mass is 171 g/mol. The number of amidine groups is 1. The average Bonchev–Trinajstić information content (AvgIpc) is 2.05. The standard InChI is InChI=1S/C8H17N3O/c1-3-4-5-10-7(2)6-8(9)11-12/h3,7,10,12H,1,4-6H2,2H3,(H2,9,11). The smallest absolute Gasteiger partial charge is 0.140 e. The van der Waals surface area contributed by atoms with E-state index in [0.717, 1.165) is 13.0 Å². The van der Waals surface area contributed by atoms with Crippen LogP contribution in [0.4, 0.5) is 0 Å². The SMILES string of the molecule is C=CCCNC(C)C/C(N)=N/O. The number of nitrogens with zero attached hydrogens (tertiary/aromatic N) is 1. The Morgan fingerprint density at radius 2 is 2.50 bits per heavy atom. The van der Waals surface area contributed by atoms with E-state index in [-0.39, 0.29) is 11.9 Å². The number of hydrogen-bond acceptors (Lipinski definition) is 3. The minimum atomic E-state index is 0.237. The fourth-order valence-electron chi connectivity index (χ4n) is 0.858. The summed E-state index contributed by atoms with van der Waals surface area (Å²) in [5.74, 6) is 0.258. The van der Waals surface area contributed by atoms with E-state index in [1.54, 1.807) is 0 Å². The number of rotatable bonds is 6.